The minimum Gasteiger partial charge on any atom is -0.308 e. The Morgan fingerprint density at radius 2 is 0.967 bits per heavy atom. The topological polar surface area (TPSA) is 24.9 Å². The van der Waals surface area contributed by atoms with Gasteiger partial charge < -0.3 is 9.30 Å². The van der Waals surface area contributed by atoms with Crippen molar-refractivity contribution in [3.05, 3.63) is 169 Å². The summed E-state index contributed by atoms with van der Waals surface area (Å²) in [6, 6.07) is 56.4. The molecule has 0 bridgehead atoms. The molecule has 8 aromatic carbocycles. The highest BCUT2D eigenvalue weighted by Crippen LogP contribution is 2.52. The van der Waals surface area contributed by atoms with Gasteiger partial charge in [0.15, 0.2) is 0 Å². The van der Waals surface area contributed by atoms with Crippen LogP contribution in [-0.2, 0) is 10.8 Å². The van der Waals surface area contributed by atoms with Crippen LogP contribution in [0.25, 0.3) is 97.9 Å². The Balaban J connectivity index is 1.31. The lowest BCUT2D eigenvalue weighted by atomic mass is 9.85. The predicted octanol–water partition coefficient (Wildman–Crippen LogP) is 15.8. The Hall–Kier alpha value is -7.17. The lowest BCUT2D eigenvalue weighted by Gasteiger charge is -2.29. The fraction of sp³-hybridized carbons (Fsp3) is 0.140. The van der Waals surface area contributed by atoms with Gasteiger partial charge in [-0.1, -0.05) is 139 Å². The van der Waals surface area contributed by atoms with E-state index in [0.717, 1.165) is 28.2 Å². The van der Waals surface area contributed by atoms with Crippen molar-refractivity contribution in [2.75, 3.05) is 4.90 Å². The molecule has 0 N–H and O–H groups in total. The van der Waals surface area contributed by atoms with Gasteiger partial charge in [-0.2, -0.15) is 0 Å². The van der Waals surface area contributed by atoms with Gasteiger partial charge in [-0.05, 0) is 92.7 Å². The molecular weight excluding hydrogens is 741 g/mol. The smallest absolute Gasteiger partial charge is 0.146 e. The van der Waals surface area contributed by atoms with Crippen molar-refractivity contribution in [2.24, 2.45) is 0 Å². The summed E-state index contributed by atoms with van der Waals surface area (Å²) >= 11 is 0. The molecule has 0 atom stereocenters. The highest BCUT2D eigenvalue weighted by atomic mass is 15.2. The molecule has 5 heterocycles. The Bertz CT molecular complexity index is 3890. The van der Waals surface area contributed by atoms with Crippen molar-refractivity contribution in [2.45, 2.75) is 52.4 Å². The van der Waals surface area contributed by atoms with E-state index in [4.69, 9.17) is 4.98 Å². The zero-order chi connectivity index (χ0) is 41.1. The van der Waals surface area contributed by atoms with Gasteiger partial charge in [-0.25, -0.2) is 4.98 Å². The molecule has 61 heavy (non-hydrogen) atoms. The van der Waals surface area contributed by atoms with Gasteiger partial charge in [0.1, 0.15) is 5.65 Å². The van der Waals surface area contributed by atoms with Crippen LogP contribution in [0.5, 0.6) is 0 Å². The van der Waals surface area contributed by atoms with Crippen LogP contribution in [0.3, 0.4) is 0 Å². The number of pyridine rings is 1. The van der Waals surface area contributed by atoms with Crippen LogP contribution in [-0.4, -0.2) is 13.8 Å². The number of hydrogen-bond acceptors (Lipinski definition) is 2. The highest BCUT2D eigenvalue weighted by Gasteiger charge is 2.31. The molecule has 0 aliphatic carbocycles. The van der Waals surface area contributed by atoms with E-state index in [9.17, 15) is 0 Å². The minimum absolute atomic E-state index is 0.0545. The third-order valence-corrected chi connectivity index (χ3v) is 13.6. The Kier molecular flexibility index (Phi) is 6.69. The second-order valence-electron chi connectivity index (χ2n) is 19.3. The quantitative estimate of drug-likeness (QED) is 0.178. The first-order valence-corrected chi connectivity index (χ1v) is 21.6. The predicted molar refractivity (Wildman–Crippen MR) is 261 cm³/mol. The SMILES string of the molecule is CC(C)(C)c1cc(N(c2ccccc2)c2ccccc2)c2c(c1)c1cc3ccccc3c3c4c5c6cc(C(C)(C)C)cc7c8ccc9ccccc9c8n(c5cnc4n2c13)c76. The molecule has 0 fully saturated rings. The van der Waals surface area contributed by atoms with Crippen LogP contribution < -0.4 is 4.90 Å². The Morgan fingerprint density at radius 3 is 1.66 bits per heavy atom. The maximum atomic E-state index is 5.65. The van der Waals surface area contributed by atoms with Crippen molar-refractivity contribution in [1.29, 1.82) is 0 Å². The third kappa shape index (κ3) is 4.57. The van der Waals surface area contributed by atoms with Crippen LogP contribution in [0.4, 0.5) is 17.1 Å². The van der Waals surface area contributed by atoms with Crippen LogP contribution in [0, 0.1) is 0 Å². The second kappa shape index (κ2) is 11.8. The summed E-state index contributed by atoms with van der Waals surface area (Å²) in [5, 5.41) is 15.2. The van der Waals surface area contributed by atoms with Crippen LogP contribution in [0.2, 0.25) is 0 Å². The largest absolute Gasteiger partial charge is 0.308 e. The molecule has 4 nitrogen and oxygen atoms in total. The molecule has 0 unspecified atom stereocenters. The minimum atomic E-state index is -0.0962. The lowest BCUT2D eigenvalue weighted by Crippen LogP contribution is -2.15. The second-order valence-corrected chi connectivity index (χ2v) is 19.3. The molecule has 13 aromatic rings. The van der Waals surface area contributed by atoms with E-state index >= 15 is 0 Å². The molecule has 292 valence electrons. The van der Waals surface area contributed by atoms with Gasteiger partial charge in [0, 0.05) is 59.9 Å². The summed E-state index contributed by atoms with van der Waals surface area (Å²) < 4.78 is 5.06. The average Bonchev–Trinajstić information content (AvgIpc) is 3.99. The van der Waals surface area contributed by atoms with E-state index in [-0.39, 0.29) is 10.8 Å². The molecular formula is C57H44N4. The summed E-state index contributed by atoms with van der Waals surface area (Å²) in [5.74, 6) is 0. The molecule has 0 aliphatic heterocycles. The normalized spacial score (nSPS) is 13.1. The first kappa shape index (κ1) is 34.7. The summed E-state index contributed by atoms with van der Waals surface area (Å²) in [7, 11) is 0. The molecule has 0 aliphatic rings. The van der Waals surface area contributed by atoms with Gasteiger partial charge in [0.05, 0.1) is 39.5 Å². The number of benzene rings is 8. The number of hydrogen-bond donors (Lipinski definition) is 0. The monoisotopic (exact) mass is 784 g/mol. The van der Waals surface area contributed by atoms with E-state index in [1.807, 2.05) is 0 Å². The maximum absolute atomic E-state index is 5.65. The van der Waals surface area contributed by atoms with E-state index in [0.29, 0.717) is 0 Å². The van der Waals surface area contributed by atoms with Crippen LogP contribution >= 0.6 is 0 Å². The van der Waals surface area contributed by atoms with Gasteiger partial charge in [0.2, 0.25) is 0 Å². The molecule has 5 aromatic heterocycles. The maximum Gasteiger partial charge on any atom is 0.146 e. The molecule has 0 radical (unpaired) electrons. The molecule has 4 heteroatoms. The number of rotatable bonds is 3. The fourth-order valence-corrected chi connectivity index (χ4v) is 10.7. The number of aromatic nitrogens is 3. The van der Waals surface area contributed by atoms with E-state index in [2.05, 4.69) is 213 Å². The van der Waals surface area contributed by atoms with Gasteiger partial charge in [-0.15, -0.1) is 0 Å². The summed E-state index contributed by atoms with van der Waals surface area (Å²) in [5.41, 5.74) is 12.9. The van der Waals surface area contributed by atoms with Crippen molar-refractivity contribution in [1.82, 2.24) is 13.8 Å². The molecule has 0 saturated heterocycles. The number of nitrogens with zero attached hydrogens (tertiary/aromatic N) is 4. The number of anilines is 3. The Morgan fingerprint density at radius 1 is 0.410 bits per heavy atom. The zero-order valence-corrected chi connectivity index (χ0v) is 35.3. The lowest BCUT2D eigenvalue weighted by molar-refractivity contribution is 0.591. The molecule has 13 rings (SSSR count). The third-order valence-electron chi connectivity index (χ3n) is 13.6. The van der Waals surface area contributed by atoms with E-state index in [1.54, 1.807) is 0 Å². The Labute approximate surface area is 353 Å². The molecule has 0 saturated carbocycles. The van der Waals surface area contributed by atoms with E-state index < -0.39 is 0 Å². The van der Waals surface area contributed by atoms with Crippen LogP contribution in [0.1, 0.15) is 52.7 Å². The van der Waals surface area contributed by atoms with E-state index in [1.165, 1.54) is 97.8 Å². The summed E-state index contributed by atoms with van der Waals surface area (Å²) in [6.07, 6.45) is 2.17. The van der Waals surface area contributed by atoms with Gasteiger partial charge >= 0.3 is 0 Å². The van der Waals surface area contributed by atoms with Crippen LogP contribution in [0.15, 0.2) is 158 Å². The summed E-state index contributed by atoms with van der Waals surface area (Å²) in [6.45, 7) is 14.0. The van der Waals surface area contributed by atoms with Crippen molar-refractivity contribution in [3.8, 4) is 0 Å². The summed E-state index contributed by atoms with van der Waals surface area (Å²) in [4.78, 5) is 8.10. The van der Waals surface area contributed by atoms with Gasteiger partial charge in [0.25, 0.3) is 0 Å². The average molecular weight is 785 g/mol. The number of fused-ring (bicyclic) bond motifs is 17. The highest BCUT2D eigenvalue weighted by molar-refractivity contribution is 6.40. The molecule has 0 amide bonds. The first-order chi connectivity index (χ1) is 29.6. The number of para-hydroxylation sites is 2. The molecule has 0 spiro atoms. The van der Waals surface area contributed by atoms with Crippen molar-refractivity contribution >= 4 is 115 Å². The zero-order valence-electron chi connectivity index (χ0n) is 35.3. The van der Waals surface area contributed by atoms with Gasteiger partial charge in [-0.3, -0.25) is 4.40 Å². The fourth-order valence-electron chi connectivity index (χ4n) is 10.7. The first-order valence-electron chi connectivity index (χ1n) is 21.6. The van der Waals surface area contributed by atoms with Crippen molar-refractivity contribution < 1.29 is 0 Å². The standard InChI is InChI=1S/C57H44N4/c1-56(2,3)35-28-43-41-26-25-33-17-13-16-24-40(33)51(41)60-47-32-58-55-50(48(47)45(30-35)52(43)60)49-39-23-15-14-18-34(39)27-42-44-29-36(57(4,5)6)31-46(53(44)61(55)54(42)49)59(37-19-9-7-10-20-37)38-21-11-8-12-22-38/h7-32H,1-6H3. The van der Waals surface area contributed by atoms with Crippen molar-refractivity contribution in [3.63, 3.8) is 0 Å².